The van der Waals surface area contributed by atoms with Gasteiger partial charge >= 0.3 is 6.18 Å². The molecule has 0 spiro atoms. The first-order valence-electron chi connectivity index (χ1n) is 4.79. The van der Waals surface area contributed by atoms with Gasteiger partial charge in [-0.25, -0.2) is 0 Å². The molecule has 100 valence electrons. The second-order valence-electron chi connectivity index (χ2n) is 4.15. The average Bonchev–Trinajstić information content (AvgIpc) is 2.21. The summed E-state index contributed by atoms with van der Waals surface area (Å²) in [6, 6.07) is 1.90. The lowest BCUT2D eigenvalue weighted by molar-refractivity contribution is -0.116. The maximum atomic E-state index is 12.3. The molecule has 8 heteroatoms. The normalized spacial score (nSPS) is 14.2. The molecule has 0 atom stereocenters. The number of halogens is 3. The number of primary amides is 1. The van der Waals surface area contributed by atoms with Gasteiger partial charge in [0, 0.05) is 6.21 Å². The number of carbonyl (C=O) groups is 1. The molecule has 0 saturated carbocycles. The second kappa shape index (κ2) is 5.53. The van der Waals surface area contributed by atoms with Crippen LogP contribution in [-0.2, 0) is 4.79 Å². The van der Waals surface area contributed by atoms with Gasteiger partial charge < -0.3 is 11.5 Å². The molecule has 0 aliphatic rings. The van der Waals surface area contributed by atoms with Gasteiger partial charge in [0.05, 0.1) is 23.6 Å². The number of hydrogen-bond acceptors (Lipinski definition) is 4. The van der Waals surface area contributed by atoms with E-state index in [0.717, 1.165) is 0 Å². The highest BCUT2D eigenvalue weighted by Gasteiger charge is 2.35. The number of allylic oxidation sites excluding steroid dienone is 1. The molecule has 0 heterocycles. The lowest BCUT2D eigenvalue weighted by Gasteiger charge is -2.11. The lowest BCUT2D eigenvalue weighted by atomic mass is 9.96. The fourth-order valence-corrected chi connectivity index (χ4v) is 0.819. The summed E-state index contributed by atoms with van der Waals surface area (Å²) >= 11 is 0. The maximum absolute atomic E-state index is 12.3. The van der Waals surface area contributed by atoms with Crippen LogP contribution in [0.4, 0.5) is 13.2 Å². The Hall–Kier alpha value is -2.04. The number of amides is 1. The van der Waals surface area contributed by atoms with Gasteiger partial charge in [-0.15, -0.1) is 0 Å². The molecule has 0 aliphatic heterocycles. The van der Waals surface area contributed by atoms with E-state index in [2.05, 4.69) is 4.99 Å². The Morgan fingerprint density at radius 1 is 1.39 bits per heavy atom. The Labute approximate surface area is 102 Å². The van der Waals surface area contributed by atoms with Gasteiger partial charge in [0.25, 0.3) is 5.91 Å². The summed E-state index contributed by atoms with van der Waals surface area (Å²) in [6.07, 6.45) is -4.22. The van der Waals surface area contributed by atoms with Gasteiger partial charge in [-0.1, -0.05) is 0 Å². The SMILES string of the molecule is CC(C)(C#N)CN=C/C(C(N)=O)=C(\N)C(F)(F)F. The van der Waals surface area contributed by atoms with Crippen LogP contribution in [0.3, 0.4) is 0 Å². The predicted octanol–water partition coefficient (Wildman–Crippen LogP) is 0.867. The van der Waals surface area contributed by atoms with E-state index >= 15 is 0 Å². The highest BCUT2D eigenvalue weighted by molar-refractivity contribution is 6.12. The number of alkyl halides is 3. The molecule has 0 aromatic heterocycles. The first kappa shape index (κ1) is 16.0. The van der Waals surface area contributed by atoms with Gasteiger partial charge in [-0.05, 0) is 13.8 Å². The minimum Gasteiger partial charge on any atom is -0.394 e. The maximum Gasteiger partial charge on any atom is 0.431 e. The van der Waals surface area contributed by atoms with E-state index in [9.17, 15) is 18.0 Å². The van der Waals surface area contributed by atoms with Crippen molar-refractivity contribution in [2.24, 2.45) is 21.9 Å². The molecule has 1 amide bonds. The first-order valence-corrected chi connectivity index (χ1v) is 4.79. The third-order valence-corrected chi connectivity index (χ3v) is 1.87. The van der Waals surface area contributed by atoms with Gasteiger partial charge in [-0.2, -0.15) is 18.4 Å². The van der Waals surface area contributed by atoms with Crippen molar-refractivity contribution < 1.29 is 18.0 Å². The van der Waals surface area contributed by atoms with Crippen molar-refractivity contribution in [3.8, 4) is 6.07 Å². The van der Waals surface area contributed by atoms with Crippen molar-refractivity contribution in [2.45, 2.75) is 20.0 Å². The number of nitrogens with two attached hydrogens (primary N) is 2. The Morgan fingerprint density at radius 2 is 1.89 bits per heavy atom. The van der Waals surface area contributed by atoms with Crippen LogP contribution in [0.25, 0.3) is 0 Å². The van der Waals surface area contributed by atoms with Crippen molar-refractivity contribution in [1.82, 2.24) is 0 Å². The lowest BCUT2D eigenvalue weighted by Crippen LogP contribution is -2.28. The number of carbonyl (C=O) groups excluding carboxylic acids is 1. The van der Waals surface area contributed by atoms with E-state index in [1.165, 1.54) is 0 Å². The van der Waals surface area contributed by atoms with Crippen LogP contribution >= 0.6 is 0 Å². The molecule has 0 saturated heterocycles. The second-order valence-corrected chi connectivity index (χ2v) is 4.15. The standard InChI is InChI=1S/C10H13F3N4O/c1-9(2,4-14)5-17-3-6(8(16)18)7(15)10(11,12)13/h3H,5,15H2,1-2H3,(H2,16,18)/b7-6+,17-3?. The van der Waals surface area contributed by atoms with Crippen LogP contribution in [0.15, 0.2) is 16.3 Å². The fourth-order valence-electron chi connectivity index (χ4n) is 0.819. The topological polar surface area (TPSA) is 105 Å². The molecule has 4 N–H and O–H groups in total. The van der Waals surface area contributed by atoms with E-state index in [0.29, 0.717) is 6.21 Å². The monoisotopic (exact) mass is 262 g/mol. The molecule has 18 heavy (non-hydrogen) atoms. The highest BCUT2D eigenvalue weighted by atomic mass is 19.4. The summed E-state index contributed by atoms with van der Waals surface area (Å²) in [6.45, 7) is 3.02. The van der Waals surface area contributed by atoms with E-state index in [1.807, 2.05) is 6.07 Å². The Morgan fingerprint density at radius 3 is 2.22 bits per heavy atom. The van der Waals surface area contributed by atoms with Crippen LogP contribution in [-0.4, -0.2) is 24.8 Å². The van der Waals surface area contributed by atoms with Gasteiger partial charge in [0.2, 0.25) is 0 Å². The largest absolute Gasteiger partial charge is 0.431 e. The summed E-state index contributed by atoms with van der Waals surface area (Å²) < 4.78 is 36.8. The summed E-state index contributed by atoms with van der Waals surface area (Å²) in [5.41, 5.74) is 6.18. The smallest absolute Gasteiger partial charge is 0.394 e. The third-order valence-electron chi connectivity index (χ3n) is 1.87. The Balaban J connectivity index is 5.17. The number of nitrogens with zero attached hydrogens (tertiary/aromatic N) is 2. The van der Waals surface area contributed by atoms with Crippen molar-refractivity contribution >= 4 is 12.1 Å². The minimum absolute atomic E-state index is 0.0780. The number of aliphatic imine (C=N–C) groups is 1. The van der Waals surface area contributed by atoms with Crippen molar-refractivity contribution in [1.29, 1.82) is 5.26 Å². The minimum atomic E-state index is -4.86. The molecule has 0 radical (unpaired) electrons. The molecule has 0 unspecified atom stereocenters. The van der Waals surface area contributed by atoms with Crippen molar-refractivity contribution in [2.75, 3.05) is 6.54 Å². The summed E-state index contributed by atoms with van der Waals surface area (Å²) in [4.78, 5) is 14.4. The van der Waals surface area contributed by atoms with Crippen LogP contribution in [0.1, 0.15) is 13.8 Å². The van der Waals surface area contributed by atoms with Gasteiger partial charge in [-0.3, -0.25) is 9.79 Å². The Kier molecular flexibility index (Phi) is 4.90. The van der Waals surface area contributed by atoms with E-state index < -0.39 is 28.8 Å². The van der Waals surface area contributed by atoms with Crippen LogP contribution in [0.2, 0.25) is 0 Å². The third kappa shape index (κ3) is 4.86. The average molecular weight is 262 g/mol. The van der Waals surface area contributed by atoms with Gasteiger partial charge in [0.15, 0.2) is 0 Å². The predicted molar refractivity (Wildman–Crippen MR) is 59.2 cm³/mol. The fraction of sp³-hybridized carbons (Fsp3) is 0.500. The van der Waals surface area contributed by atoms with Crippen LogP contribution in [0.5, 0.6) is 0 Å². The number of nitriles is 1. The molecule has 0 aliphatic carbocycles. The zero-order chi connectivity index (χ0) is 14.6. The number of hydrogen-bond donors (Lipinski definition) is 2. The first-order chi connectivity index (χ1) is 8.01. The summed E-state index contributed by atoms with van der Waals surface area (Å²) in [7, 11) is 0. The summed E-state index contributed by atoms with van der Waals surface area (Å²) in [5.74, 6) is -1.33. The van der Waals surface area contributed by atoms with Crippen LogP contribution < -0.4 is 11.5 Å². The van der Waals surface area contributed by atoms with Crippen molar-refractivity contribution in [3.63, 3.8) is 0 Å². The summed E-state index contributed by atoms with van der Waals surface area (Å²) in [5, 5.41) is 8.67. The highest BCUT2D eigenvalue weighted by Crippen LogP contribution is 2.23. The van der Waals surface area contributed by atoms with E-state index in [1.54, 1.807) is 13.8 Å². The quantitative estimate of drug-likeness (QED) is 0.580. The molecule has 0 rings (SSSR count). The molecule has 0 bridgehead atoms. The molecule has 0 aromatic carbocycles. The van der Waals surface area contributed by atoms with Crippen molar-refractivity contribution in [3.05, 3.63) is 11.3 Å². The zero-order valence-corrected chi connectivity index (χ0v) is 9.88. The van der Waals surface area contributed by atoms with Gasteiger partial charge in [0.1, 0.15) is 5.70 Å². The zero-order valence-electron chi connectivity index (χ0n) is 9.88. The molecule has 5 nitrogen and oxygen atoms in total. The molecular formula is C10H13F3N4O. The van der Waals surface area contributed by atoms with Crippen LogP contribution in [0, 0.1) is 16.7 Å². The molecular weight excluding hydrogens is 249 g/mol. The molecule has 0 aromatic rings. The van der Waals surface area contributed by atoms with E-state index in [-0.39, 0.29) is 6.54 Å². The Bertz CT molecular complexity index is 429. The van der Waals surface area contributed by atoms with E-state index in [4.69, 9.17) is 16.7 Å². The molecule has 0 fully saturated rings. The number of rotatable bonds is 4.